The normalized spacial score (nSPS) is 11.0. The van der Waals surface area contributed by atoms with Crippen LogP contribution in [0.4, 0.5) is 0 Å². The third-order valence-electron chi connectivity index (χ3n) is 8.21. The number of aromatic nitrogens is 4. The SMILES string of the molecule is c1ccc(-c2nc(-c3ccccc3)nc(-c3ccc(-c4cccc5ccc(-c6ccc(-c7ccccn7)cc6)cc45)cc3)n2)cc1. The molecule has 0 aliphatic heterocycles. The number of nitrogens with zero attached hydrogens (tertiary/aromatic N) is 4. The molecule has 0 radical (unpaired) electrons. The summed E-state index contributed by atoms with van der Waals surface area (Å²) in [6.45, 7) is 0. The Hall–Kier alpha value is -6.26. The highest BCUT2D eigenvalue weighted by molar-refractivity contribution is 5.99. The molecule has 8 aromatic rings. The third kappa shape index (κ3) is 5.44. The maximum atomic E-state index is 4.90. The van der Waals surface area contributed by atoms with Crippen molar-refractivity contribution in [3.63, 3.8) is 0 Å². The van der Waals surface area contributed by atoms with Gasteiger partial charge in [0, 0.05) is 28.5 Å². The van der Waals surface area contributed by atoms with Crippen LogP contribution in [0, 0.1) is 0 Å². The fraction of sp³-hybridized carbons (Fsp3) is 0. The molecule has 2 aromatic heterocycles. The van der Waals surface area contributed by atoms with Crippen molar-refractivity contribution in [2.45, 2.75) is 0 Å². The predicted molar refractivity (Wildman–Crippen MR) is 188 cm³/mol. The van der Waals surface area contributed by atoms with Gasteiger partial charge in [0.25, 0.3) is 0 Å². The summed E-state index contributed by atoms with van der Waals surface area (Å²) >= 11 is 0. The predicted octanol–water partition coefficient (Wildman–Crippen LogP) is 10.4. The van der Waals surface area contributed by atoms with Crippen molar-refractivity contribution in [3.05, 3.63) is 170 Å². The van der Waals surface area contributed by atoms with E-state index in [1.165, 1.54) is 27.5 Å². The molecule has 216 valence electrons. The molecule has 0 unspecified atom stereocenters. The van der Waals surface area contributed by atoms with Gasteiger partial charge in [-0.1, -0.05) is 146 Å². The van der Waals surface area contributed by atoms with Crippen molar-refractivity contribution >= 4 is 10.8 Å². The van der Waals surface area contributed by atoms with Crippen molar-refractivity contribution in [1.82, 2.24) is 19.9 Å². The van der Waals surface area contributed by atoms with Gasteiger partial charge in [-0.15, -0.1) is 0 Å². The first-order chi connectivity index (χ1) is 22.8. The van der Waals surface area contributed by atoms with E-state index >= 15 is 0 Å². The van der Waals surface area contributed by atoms with Gasteiger partial charge in [0.1, 0.15) is 0 Å². The van der Waals surface area contributed by atoms with Crippen LogP contribution in [0.15, 0.2) is 170 Å². The van der Waals surface area contributed by atoms with E-state index in [1.807, 2.05) is 85.1 Å². The van der Waals surface area contributed by atoms with Crippen LogP contribution in [0.5, 0.6) is 0 Å². The summed E-state index contributed by atoms with van der Waals surface area (Å²) in [5.41, 5.74) is 9.60. The standard InChI is InChI=1S/C42H28N4/c1-3-10-33(11-4-1)40-44-41(34-12-5-2-6-13-34)46-42(45-40)35-24-19-31(20-25-35)37-15-9-14-30-21-26-36(28-38(30)37)29-17-22-32(23-18-29)39-16-7-8-27-43-39/h1-28H. The van der Waals surface area contributed by atoms with Crippen LogP contribution >= 0.6 is 0 Å². The van der Waals surface area contributed by atoms with E-state index in [0.717, 1.165) is 33.5 Å². The molecule has 0 saturated carbocycles. The van der Waals surface area contributed by atoms with E-state index in [1.54, 1.807) is 0 Å². The van der Waals surface area contributed by atoms with Crippen molar-refractivity contribution in [1.29, 1.82) is 0 Å². The zero-order valence-electron chi connectivity index (χ0n) is 25.0. The lowest BCUT2D eigenvalue weighted by atomic mass is 9.94. The fourth-order valence-electron chi connectivity index (χ4n) is 5.81. The zero-order chi connectivity index (χ0) is 30.7. The molecular weight excluding hydrogens is 560 g/mol. The molecule has 0 bridgehead atoms. The zero-order valence-corrected chi connectivity index (χ0v) is 25.0. The van der Waals surface area contributed by atoms with Crippen LogP contribution in [0.2, 0.25) is 0 Å². The molecule has 46 heavy (non-hydrogen) atoms. The first-order valence-corrected chi connectivity index (χ1v) is 15.3. The summed E-state index contributed by atoms with van der Waals surface area (Å²) in [5, 5.41) is 2.41. The Morgan fingerprint density at radius 2 is 0.848 bits per heavy atom. The maximum absolute atomic E-state index is 4.90. The second-order valence-corrected chi connectivity index (χ2v) is 11.1. The molecule has 0 aliphatic carbocycles. The number of fused-ring (bicyclic) bond motifs is 1. The molecule has 0 amide bonds. The van der Waals surface area contributed by atoms with E-state index in [4.69, 9.17) is 15.0 Å². The lowest BCUT2D eigenvalue weighted by molar-refractivity contribution is 1.07. The summed E-state index contributed by atoms with van der Waals surface area (Å²) in [7, 11) is 0. The largest absolute Gasteiger partial charge is 0.256 e. The van der Waals surface area contributed by atoms with Gasteiger partial charge < -0.3 is 0 Å². The number of pyridine rings is 1. The highest BCUT2D eigenvalue weighted by atomic mass is 15.0. The summed E-state index contributed by atoms with van der Waals surface area (Å²) in [6.07, 6.45) is 1.83. The Kier molecular flexibility index (Phi) is 7.14. The highest BCUT2D eigenvalue weighted by Gasteiger charge is 2.13. The summed E-state index contributed by atoms with van der Waals surface area (Å²) in [4.78, 5) is 19.1. The average molecular weight is 589 g/mol. The van der Waals surface area contributed by atoms with Gasteiger partial charge in [-0.25, -0.2) is 15.0 Å². The first kappa shape index (κ1) is 27.3. The second kappa shape index (κ2) is 12.0. The minimum Gasteiger partial charge on any atom is -0.256 e. The van der Waals surface area contributed by atoms with Gasteiger partial charge in [0.2, 0.25) is 0 Å². The Bertz CT molecular complexity index is 2210. The Morgan fingerprint density at radius 1 is 0.326 bits per heavy atom. The van der Waals surface area contributed by atoms with Crippen LogP contribution < -0.4 is 0 Å². The Balaban J connectivity index is 1.15. The van der Waals surface area contributed by atoms with E-state index in [0.29, 0.717) is 17.5 Å². The summed E-state index contributed by atoms with van der Waals surface area (Å²) in [6, 6.07) is 56.4. The summed E-state index contributed by atoms with van der Waals surface area (Å²) < 4.78 is 0. The Morgan fingerprint density at radius 3 is 1.46 bits per heavy atom. The smallest absolute Gasteiger partial charge is 0.164 e. The lowest BCUT2D eigenvalue weighted by Crippen LogP contribution is -2.00. The monoisotopic (exact) mass is 588 g/mol. The molecule has 0 spiro atoms. The van der Waals surface area contributed by atoms with E-state index in [9.17, 15) is 0 Å². The topological polar surface area (TPSA) is 51.6 Å². The van der Waals surface area contributed by atoms with E-state index in [2.05, 4.69) is 89.9 Å². The van der Waals surface area contributed by atoms with Gasteiger partial charge in [-0.2, -0.15) is 0 Å². The summed E-state index contributed by atoms with van der Waals surface area (Å²) in [5.74, 6) is 1.96. The minimum atomic E-state index is 0.647. The van der Waals surface area contributed by atoms with Crippen molar-refractivity contribution < 1.29 is 0 Å². The van der Waals surface area contributed by atoms with Gasteiger partial charge >= 0.3 is 0 Å². The highest BCUT2D eigenvalue weighted by Crippen LogP contribution is 2.34. The molecular formula is C42H28N4. The molecule has 0 saturated heterocycles. The average Bonchev–Trinajstić information content (AvgIpc) is 3.15. The fourth-order valence-corrected chi connectivity index (χ4v) is 5.81. The van der Waals surface area contributed by atoms with Crippen LogP contribution in [0.1, 0.15) is 0 Å². The van der Waals surface area contributed by atoms with Gasteiger partial charge in [-0.3, -0.25) is 4.98 Å². The third-order valence-corrected chi connectivity index (χ3v) is 8.21. The van der Waals surface area contributed by atoms with Crippen LogP contribution in [0.25, 0.3) is 78.4 Å². The Labute approximate surface area is 267 Å². The molecule has 0 aliphatic rings. The molecule has 0 atom stereocenters. The van der Waals surface area contributed by atoms with Crippen molar-refractivity contribution in [3.8, 4) is 67.7 Å². The molecule has 4 heteroatoms. The minimum absolute atomic E-state index is 0.647. The van der Waals surface area contributed by atoms with Crippen LogP contribution in [0.3, 0.4) is 0 Å². The quantitative estimate of drug-likeness (QED) is 0.194. The molecule has 2 heterocycles. The molecule has 8 rings (SSSR count). The maximum Gasteiger partial charge on any atom is 0.164 e. The van der Waals surface area contributed by atoms with E-state index in [-0.39, 0.29) is 0 Å². The van der Waals surface area contributed by atoms with Gasteiger partial charge in [-0.05, 0) is 51.2 Å². The number of rotatable bonds is 6. The van der Waals surface area contributed by atoms with Gasteiger partial charge in [0.05, 0.1) is 5.69 Å². The molecule has 4 nitrogen and oxygen atoms in total. The molecule has 0 fully saturated rings. The van der Waals surface area contributed by atoms with Crippen molar-refractivity contribution in [2.24, 2.45) is 0 Å². The van der Waals surface area contributed by atoms with Crippen molar-refractivity contribution in [2.75, 3.05) is 0 Å². The second-order valence-electron chi connectivity index (χ2n) is 11.1. The number of benzene rings is 6. The molecule has 6 aromatic carbocycles. The van der Waals surface area contributed by atoms with Gasteiger partial charge in [0.15, 0.2) is 17.5 Å². The molecule has 0 N–H and O–H groups in total. The van der Waals surface area contributed by atoms with Crippen LogP contribution in [-0.4, -0.2) is 19.9 Å². The first-order valence-electron chi connectivity index (χ1n) is 15.3. The van der Waals surface area contributed by atoms with Crippen LogP contribution in [-0.2, 0) is 0 Å². The lowest BCUT2D eigenvalue weighted by Gasteiger charge is -2.11. The van der Waals surface area contributed by atoms with E-state index < -0.39 is 0 Å². The number of hydrogen-bond acceptors (Lipinski definition) is 4. The number of hydrogen-bond donors (Lipinski definition) is 0.